The molecule has 6 nitrogen and oxygen atoms in total. The normalized spacial score (nSPS) is 20.2. The van der Waals surface area contributed by atoms with E-state index in [9.17, 15) is 4.79 Å². The molecular weight excluding hydrogens is 460 g/mol. The quantitative estimate of drug-likeness (QED) is 0.411. The third-order valence-electron chi connectivity index (χ3n) is 7.75. The topological polar surface area (TPSA) is 70.8 Å². The zero-order valence-electron chi connectivity index (χ0n) is 21.9. The number of carbonyl (C=O) groups excluding carboxylic acids is 1. The Morgan fingerprint density at radius 3 is 2.38 bits per heavy atom. The molecule has 6 heteroatoms. The number of hydrogen-bond acceptors (Lipinski definition) is 5. The van der Waals surface area contributed by atoms with Gasteiger partial charge in [0.15, 0.2) is 0 Å². The number of fused-ring (bicyclic) bond motifs is 1. The fraction of sp³-hybridized carbons (Fsp3) is 0.387. The van der Waals surface area contributed by atoms with Gasteiger partial charge in [0.1, 0.15) is 6.17 Å². The van der Waals surface area contributed by atoms with E-state index in [0.717, 1.165) is 56.8 Å². The monoisotopic (exact) mass is 498 g/mol. The van der Waals surface area contributed by atoms with Crippen molar-refractivity contribution in [1.29, 1.82) is 0 Å². The molecule has 3 N–H and O–H groups in total. The van der Waals surface area contributed by atoms with Crippen LogP contribution in [-0.2, 0) is 10.3 Å². The third kappa shape index (κ3) is 5.22. The number of ether oxygens (including phenoxy) is 1. The molecule has 3 aromatic carbocycles. The summed E-state index contributed by atoms with van der Waals surface area (Å²) in [6.07, 6.45) is 2.72. The number of likely N-dealkylation sites (tertiary alicyclic amines) is 1. The first kappa shape index (κ1) is 25.3. The SMILES string of the molecule is CCCOC1(c2ccccc2)CCN(CC(C)N2c3ccc(N)cc3C(=O)NC2c2ccccc2)CC1. The predicted octanol–water partition coefficient (Wildman–Crippen LogP) is 5.32. The highest BCUT2D eigenvalue weighted by molar-refractivity contribution is 6.03. The van der Waals surface area contributed by atoms with Crippen LogP contribution in [0.4, 0.5) is 11.4 Å². The van der Waals surface area contributed by atoms with Crippen molar-refractivity contribution in [2.45, 2.75) is 50.9 Å². The maximum Gasteiger partial charge on any atom is 0.255 e. The lowest BCUT2D eigenvalue weighted by molar-refractivity contribution is -0.0901. The first-order valence-corrected chi connectivity index (χ1v) is 13.5. The third-order valence-corrected chi connectivity index (χ3v) is 7.75. The van der Waals surface area contributed by atoms with Crippen LogP contribution >= 0.6 is 0 Å². The maximum absolute atomic E-state index is 13.1. The molecule has 3 aromatic rings. The van der Waals surface area contributed by atoms with E-state index in [-0.39, 0.29) is 23.7 Å². The molecule has 2 aliphatic heterocycles. The fourth-order valence-electron chi connectivity index (χ4n) is 5.86. The van der Waals surface area contributed by atoms with Crippen molar-refractivity contribution < 1.29 is 9.53 Å². The molecule has 0 spiro atoms. The largest absolute Gasteiger partial charge is 0.399 e. The van der Waals surface area contributed by atoms with Crippen LogP contribution < -0.4 is 16.0 Å². The van der Waals surface area contributed by atoms with E-state index in [2.05, 4.69) is 71.4 Å². The van der Waals surface area contributed by atoms with Crippen LogP contribution in [0.3, 0.4) is 0 Å². The number of nitrogen functional groups attached to an aromatic ring is 1. The summed E-state index contributed by atoms with van der Waals surface area (Å²) < 4.78 is 6.52. The fourth-order valence-corrected chi connectivity index (χ4v) is 5.86. The summed E-state index contributed by atoms with van der Waals surface area (Å²) in [6, 6.07) is 26.7. The van der Waals surface area contributed by atoms with Crippen molar-refractivity contribution in [1.82, 2.24) is 10.2 Å². The van der Waals surface area contributed by atoms with Crippen LogP contribution in [0.2, 0.25) is 0 Å². The zero-order valence-corrected chi connectivity index (χ0v) is 21.9. The number of benzene rings is 3. The Bertz CT molecular complexity index is 1190. The van der Waals surface area contributed by atoms with Crippen LogP contribution in [0.25, 0.3) is 0 Å². The van der Waals surface area contributed by atoms with E-state index in [1.54, 1.807) is 6.07 Å². The van der Waals surface area contributed by atoms with E-state index < -0.39 is 0 Å². The van der Waals surface area contributed by atoms with Gasteiger partial charge in [-0.05, 0) is 55.5 Å². The highest BCUT2D eigenvalue weighted by atomic mass is 16.5. The number of piperidine rings is 1. The number of rotatable bonds is 8. The van der Waals surface area contributed by atoms with Gasteiger partial charge in [-0.15, -0.1) is 0 Å². The van der Waals surface area contributed by atoms with Gasteiger partial charge >= 0.3 is 0 Å². The molecule has 0 aliphatic carbocycles. The molecule has 0 saturated carbocycles. The maximum atomic E-state index is 13.1. The molecule has 2 heterocycles. The van der Waals surface area contributed by atoms with E-state index in [1.807, 2.05) is 30.3 Å². The number of nitrogens with two attached hydrogens (primary N) is 1. The molecule has 0 aromatic heterocycles. The summed E-state index contributed by atoms with van der Waals surface area (Å²) in [7, 11) is 0. The average molecular weight is 499 g/mol. The Morgan fingerprint density at radius 2 is 1.70 bits per heavy atom. The minimum Gasteiger partial charge on any atom is -0.399 e. The Balaban J connectivity index is 1.37. The highest BCUT2D eigenvalue weighted by Gasteiger charge is 2.39. The molecule has 0 radical (unpaired) electrons. The highest BCUT2D eigenvalue weighted by Crippen LogP contribution is 2.39. The second-order valence-corrected chi connectivity index (χ2v) is 10.3. The molecule has 194 valence electrons. The first-order chi connectivity index (χ1) is 18.0. The van der Waals surface area contributed by atoms with Gasteiger partial charge in [-0.25, -0.2) is 0 Å². The second-order valence-electron chi connectivity index (χ2n) is 10.3. The number of carbonyl (C=O) groups is 1. The molecular formula is C31H38N4O2. The van der Waals surface area contributed by atoms with Crippen molar-refractivity contribution in [2.24, 2.45) is 0 Å². The van der Waals surface area contributed by atoms with Crippen LogP contribution in [0, 0.1) is 0 Å². The van der Waals surface area contributed by atoms with E-state index in [4.69, 9.17) is 10.5 Å². The predicted molar refractivity (Wildman–Crippen MR) is 149 cm³/mol. The van der Waals surface area contributed by atoms with Crippen LogP contribution in [0.5, 0.6) is 0 Å². The number of nitrogens with one attached hydrogen (secondary N) is 1. The molecule has 0 bridgehead atoms. The Hall–Kier alpha value is -3.35. The van der Waals surface area contributed by atoms with E-state index in [0.29, 0.717) is 11.3 Å². The minimum absolute atomic E-state index is 0.0849. The van der Waals surface area contributed by atoms with E-state index in [1.165, 1.54) is 5.56 Å². The molecule has 2 atom stereocenters. The van der Waals surface area contributed by atoms with Gasteiger partial charge < -0.3 is 25.6 Å². The van der Waals surface area contributed by atoms with E-state index >= 15 is 0 Å². The lowest BCUT2D eigenvalue weighted by Crippen LogP contribution is -2.54. The molecule has 2 aliphatic rings. The lowest BCUT2D eigenvalue weighted by Gasteiger charge is -2.46. The van der Waals surface area contributed by atoms with Gasteiger partial charge in [-0.1, -0.05) is 67.6 Å². The van der Waals surface area contributed by atoms with Gasteiger partial charge in [-0.2, -0.15) is 0 Å². The van der Waals surface area contributed by atoms with Gasteiger partial charge in [0.05, 0.1) is 16.9 Å². The Morgan fingerprint density at radius 1 is 1.03 bits per heavy atom. The molecule has 1 saturated heterocycles. The van der Waals surface area contributed by atoms with Crippen molar-refractivity contribution >= 4 is 17.3 Å². The summed E-state index contributed by atoms with van der Waals surface area (Å²) in [4.78, 5) is 17.9. The summed E-state index contributed by atoms with van der Waals surface area (Å²) >= 11 is 0. The number of anilines is 2. The smallest absolute Gasteiger partial charge is 0.255 e. The lowest BCUT2D eigenvalue weighted by atomic mass is 9.84. The van der Waals surface area contributed by atoms with Gasteiger partial charge in [0.2, 0.25) is 0 Å². The van der Waals surface area contributed by atoms with Gasteiger partial charge in [0, 0.05) is 38.0 Å². The summed E-state index contributed by atoms with van der Waals surface area (Å²) in [5, 5.41) is 3.23. The van der Waals surface area contributed by atoms with Crippen molar-refractivity contribution in [3.8, 4) is 0 Å². The number of amides is 1. The minimum atomic E-state index is -0.235. The van der Waals surface area contributed by atoms with Gasteiger partial charge in [-0.3, -0.25) is 4.79 Å². The number of hydrogen-bond donors (Lipinski definition) is 2. The molecule has 2 unspecified atom stereocenters. The van der Waals surface area contributed by atoms with Crippen LogP contribution in [0.1, 0.15) is 60.8 Å². The standard InChI is InChI=1S/C31H38N4O2/c1-3-20-37-31(25-12-8-5-9-13-25)16-18-34(19-17-31)22-23(2)35-28-15-14-26(32)21-27(28)30(36)33-29(35)24-10-6-4-7-11-24/h4-15,21,23,29H,3,16-20,22,32H2,1-2H3,(H,33,36). The number of nitrogens with zero attached hydrogens (tertiary/aromatic N) is 2. The Labute approximate surface area is 220 Å². The molecule has 1 amide bonds. The average Bonchev–Trinajstić information content (AvgIpc) is 2.94. The van der Waals surface area contributed by atoms with Gasteiger partial charge in [0.25, 0.3) is 5.91 Å². The van der Waals surface area contributed by atoms with Crippen LogP contribution in [-0.4, -0.2) is 43.1 Å². The summed E-state index contributed by atoms with van der Waals surface area (Å²) in [5.41, 5.74) is 10.3. The summed E-state index contributed by atoms with van der Waals surface area (Å²) in [6.45, 7) is 8.02. The Kier molecular flexibility index (Phi) is 7.49. The molecule has 1 fully saturated rings. The molecule has 37 heavy (non-hydrogen) atoms. The summed E-state index contributed by atoms with van der Waals surface area (Å²) in [5.74, 6) is -0.0849. The van der Waals surface area contributed by atoms with Crippen molar-refractivity contribution in [2.75, 3.05) is 36.9 Å². The second kappa shape index (κ2) is 11.0. The van der Waals surface area contributed by atoms with Crippen molar-refractivity contribution in [3.63, 3.8) is 0 Å². The van der Waals surface area contributed by atoms with Crippen LogP contribution in [0.15, 0.2) is 78.9 Å². The zero-order chi connectivity index (χ0) is 25.8. The molecule has 5 rings (SSSR count). The van der Waals surface area contributed by atoms with Crippen molar-refractivity contribution in [3.05, 3.63) is 95.6 Å². The first-order valence-electron chi connectivity index (χ1n) is 13.5.